The third kappa shape index (κ3) is 3.56. The molecule has 0 aliphatic heterocycles. The first-order valence-corrected chi connectivity index (χ1v) is 4.65. The molecule has 1 heterocycles. The number of urea groups is 1. The number of nitrogens with one attached hydrogen (secondary N) is 1. The molecule has 0 atom stereocenters. The summed E-state index contributed by atoms with van der Waals surface area (Å²) in [5.74, 6) is -1.06. The lowest BCUT2D eigenvalue weighted by molar-refractivity contribution is -0.137. The minimum absolute atomic E-state index is 0.342. The van der Waals surface area contributed by atoms with Crippen LogP contribution in [0, 0.1) is 6.92 Å². The minimum atomic E-state index is -1.06. The molecule has 0 radical (unpaired) electrons. The SMILES string of the molecule is Cc1ccc(NC(=O)N(C)CC(=O)O)cn1. The van der Waals surface area contributed by atoms with Gasteiger partial charge in [-0.2, -0.15) is 0 Å². The molecule has 0 saturated heterocycles. The van der Waals surface area contributed by atoms with Crippen LogP contribution in [0.4, 0.5) is 10.5 Å². The molecule has 0 saturated carbocycles. The molecule has 6 nitrogen and oxygen atoms in total. The second-order valence-electron chi connectivity index (χ2n) is 3.37. The summed E-state index contributed by atoms with van der Waals surface area (Å²) >= 11 is 0. The molecule has 0 aliphatic rings. The Morgan fingerprint density at radius 2 is 2.19 bits per heavy atom. The van der Waals surface area contributed by atoms with Crippen LogP contribution in [0.15, 0.2) is 18.3 Å². The van der Waals surface area contributed by atoms with Gasteiger partial charge in [-0.05, 0) is 19.1 Å². The Hall–Kier alpha value is -2.11. The molecule has 6 heteroatoms. The number of aliphatic carboxylic acids is 1. The van der Waals surface area contributed by atoms with E-state index in [1.807, 2.05) is 6.92 Å². The zero-order valence-corrected chi connectivity index (χ0v) is 9.10. The highest BCUT2D eigenvalue weighted by Gasteiger charge is 2.11. The number of aromatic nitrogens is 1. The van der Waals surface area contributed by atoms with E-state index in [0.29, 0.717) is 5.69 Å². The number of carbonyl (C=O) groups is 2. The predicted octanol–water partition coefficient (Wildman–Crippen LogP) is 0.938. The van der Waals surface area contributed by atoms with E-state index in [1.54, 1.807) is 12.1 Å². The summed E-state index contributed by atoms with van der Waals surface area (Å²) in [5, 5.41) is 11.0. The molecule has 1 aromatic rings. The van der Waals surface area contributed by atoms with Crippen LogP contribution in [0.25, 0.3) is 0 Å². The molecule has 0 unspecified atom stereocenters. The number of nitrogens with zero attached hydrogens (tertiary/aromatic N) is 2. The molecule has 2 amide bonds. The number of amides is 2. The number of aryl methyl sites for hydroxylation is 1. The molecule has 0 aromatic carbocycles. The largest absolute Gasteiger partial charge is 0.480 e. The second-order valence-corrected chi connectivity index (χ2v) is 3.37. The van der Waals surface area contributed by atoms with Crippen molar-refractivity contribution in [1.29, 1.82) is 0 Å². The minimum Gasteiger partial charge on any atom is -0.480 e. The maximum absolute atomic E-state index is 11.5. The van der Waals surface area contributed by atoms with Gasteiger partial charge >= 0.3 is 12.0 Å². The molecule has 1 rings (SSSR count). The highest BCUT2D eigenvalue weighted by atomic mass is 16.4. The van der Waals surface area contributed by atoms with Gasteiger partial charge in [-0.15, -0.1) is 0 Å². The smallest absolute Gasteiger partial charge is 0.323 e. The van der Waals surface area contributed by atoms with Gasteiger partial charge in [0.05, 0.1) is 11.9 Å². The van der Waals surface area contributed by atoms with Crippen LogP contribution in [0.3, 0.4) is 0 Å². The van der Waals surface area contributed by atoms with Gasteiger partial charge in [0.15, 0.2) is 0 Å². The maximum Gasteiger partial charge on any atom is 0.323 e. The lowest BCUT2D eigenvalue weighted by Gasteiger charge is -2.15. The molecular weight excluding hydrogens is 210 g/mol. The molecule has 0 spiro atoms. The van der Waals surface area contributed by atoms with Gasteiger partial charge in [0.2, 0.25) is 0 Å². The van der Waals surface area contributed by atoms with Gasteiger partial charge in [-0.25, -0.2) is 4.79 Å². The standard InChI is InChI=1S/C10H13N3O3/c1-7-3-4-8(5-11-7)12-10(16)13(2)6-9(14)15/h3-5H,6H2,1-2H3,(H,12,16)(H,14,15). The van der Waals surface area contributed by atoms with Gasteiger partial charge in [-0.1, -0.05) is 0 Å². The Morgan fingerprint density at radius 3 is 2.69 bits per heavy atom. The third-order valence-electron chi connectivity index (χ3n) is 1.88. The molecule has 0 bridgehead atoms. The van der Waals surface area contributed by atoms with Crippen LogP contribution >= 0.6 is 0 Å². The van der Waals surface area contributed by atoms with Crippen molar-refractivity contribution >= 4 is 17.7 Å². The zero-order valence-electron chi connectivity index (χ0n) is 9.10. The van der Waals surface area contributed by atoms with Crippen molar-refractivity contribution in [2.45, 2.75) is 6.92 Å². The highest BCUT2D eigenvalue weighted by molar-refractivity contribution is 5.90. The predicted molar refractivity (Wildman–Crippen MR) is 58.3 cm³/mol. The summed E-state index contributed by atoms with van der Waals surface area (Å²) in [4.78, 5) is 26.9. The van der Waals surface area contributed by atoms with E-state index < -0.39 is 12.0 Å². The average Bonchev–Trinajstić information content (AvgIpc) is 2.20. The lowest BCUT2D eigenvalue weighted by Crippen LogP contribution is -2.35. The van der Waals surface area contributed by atoms with Crippen molar-refractivity contribution in [3.8, 4) is 0 Å². The molecule has 0 aliphatic carbocycles. The van der Waals surface area contributed by atoms with Crippen molar-refractivity contribution in [1.82, 2.24) is 9.88 Å². The molecule has 16 heavy (non-hydrogen) atoms. The van der Waals surface area contributed by atoms with Crippen molar-refractivity contribution in [3.05, 3.63) is 24.0 Å². The molecule has 1 aromatic heterocycles. The zero-order chi connectivity index (χ0) is 12.1. The second kappa shape index (κ2) is 5.11. The van der Waals surface area contributed by atoms with Crippen molar-refractivity contribution in [2.24, 2.45) is 0 Å². The molecule has 86 valence electrons. The Bertz CT molecular complexity index is 389. The first kappa shape index (κ1) is 12.0. The fraction of sp³-hybridized carbons (Fsp3) is 0.300. The van der Waals surface area contributed by atoms with Crippen LogP contribution < -0.4 is 5.32 Å². The number of hydrogen-bond donors (Lipinski definition) is 2. The molecule has 2 N–H and O–H groups in total. The number of likely N-dealkylation sites (N-methyl/N-ethyl adjacent to an activating group) is 1. The van der Waals surface area contributed by atoms with E-state index in [9.17, 15) is 9.59 Å². The van der Waals surface area contributed by atoms with E-state index in [2.05, 4.69) is 10.3 Å². The van der Waals surface area contributed by atoms with Crippen molar-refractivity contribution in [2.75, 3.05) is 18.9 Å². The number of carboxylic acids is 1. The Balaban J connectivity index is 2.57. The van der Waals surface area contributed by atoms with E-state index in [1.165, 1.54) is 13.2 Å². The summed E-state index contributed by atoms with van der Waals surface area (Å²) in [6.07, 6.45) is 1.52. The van der Waals surface area contributed by atoms with E-state index >= 15 is 0 Å². The van der Waals surface area contributed by atoms with E-state index in [-0.39, 0.29) is 6.54 Å². The van der Waals surface area contributed by atoms with Gasteiger partial charge in [0, 0.05) is 12.7 Å². The van der Waals surface area contributed by atoms with E-state index in [0.717, 1.165) is 10.6 Å². The highest BCUT2D eigenvalue weighted by Crippen LogP contribution is 2.06. The summed E-state index contributed by atoms with van der Waals surface area (Å²) in [5.41, 5.74) is 1.38. The monoisotopic (exact) mass is 223 g/mol. The third-order valence-corrected chi connectivity index (χ3v) is 1.88. The number of rotatable bonds is 3. The van der Waals surface area contributed by atoms with Crippen LogP contribution in [0.1, 0.15) is 5.69 Å². The van der Waals surface area contributed by atoms with Gasteiger partial charge < -0.3 is 15.3 Å². The lowest BCUT2D eigenvalue weighted by atomic mass is 10.3. The summed E-state index contributed by atoms with van der Waals surface area (Å²) in [6.45, 7) is 1.49. The summed E-state index contributed by atoms with van der Waals surface area (Å²) in [7, 11) is 1.41. The van der Waals surface area contributed by atoms with Crippen molar-refractivity contribution in [3.63, 3.8) is 0 Å². The number of carboxylic acid groups (broad SMARTS) is 1. The van der Waals surface area contributed by atoms with Crippen LogP contribution in [0.5, 0.6) is 0 Å². The van der Waals surface area contributed by atoms with Gasteiger partial charge in [-0.3, -0.25) is 9.78 Å². The van der Waals surface area contributed by atoms with Gasteiger partial charge in [0.25, 0.3) is 0 Å². The number of anilines is 1. The Morgan fingerprint density at radius 1 is 1.50 bits per heavy atom. The quantitative estimate of drug-likeness (QED) is 0.798. The summed E-state index contributed by atoms with van der Waals surface area (Å²) < 4.78 is 0. The van der Waals surface area contributed by atoms with Crippen LogP contribution in [-0.4, -0.2) is 40.6 Å². The molecular formula is C10H13N3O3. The van der Waals surface area contributed by atoms with E-state index in [4.69, 9.17) is 5.11 Å². The number of carbonyl (C=O) groups excluding carboxylic acids is 1. The average molecular weight is 223 g/mol. The summed E-state index contributed by atoms with van der Waals surface area (Å²) in [6, 6.07) is 2.98. The van der Waals surface area contributed by atoms with Gasteiger partial charge in [0.1, 0.15) is 6.54 Å². The van der Waals surface area contributed by atoms with Crippen LogP contribution in [-0.2, 0) is 4.79 Å². The molecule has 0 fully saturated rings. The number of pyridine rings is 1. The fourth-order valence-electron chi connectivity index (χ4n) is 1.04. The van der Waals surface area contributed by atoms with Crippen LogP contribution in [0.2, 0.25) is 0 Å². The first-order chi connectivity index (χ1) is 7.49. The fourth-order valence-corrected chi connectivity index (χ4v) is 1.04. The Labute approximate surface area is 92.9 Å². The Kier molecular flexibility index (Phi) is 3.82. The topological polar surface area (TPSA) is 82.5 Å². The maximum atomic E-state index is 11.5. The normalized spacial score (nSPS) is 9.62. The van der Waals surface area contributed by atoms with Crippen molar-refractivity contribution < 1.29 is 14.7 Å². The number of hydrogen-bond acceptors (Lipinski definition) is 3. The first-order valence-electron chi connectivity index (χ1n) is 4.65.